The van der Waals surface area contributed by atoms with Gasteiger partial charge in [-0.25, -0.2) is 4.79 Å². The highest BCUT2D eigenvalue weighted by Crippen LogP contribution is 2.34. The molecule has 0 atom stereocenters. The SMILES string of the molecule is CCn1c(S/C(=C\c2ccc(-c3ccc(F)c([N+](=O)[O-])c3)o2)C(=O)O)nnc1-c1cc(OC)cc(OC)c1. The van der Waals surface area contributed by atoms with E-state index in [4.69, 9.17) is 13.9 Å². The summed E-state index contributed by atoms with van der Waals surface area (Å²) in [7, 11) is 3.07. The average molecular weight is 541 g/mol. The summed E-state index contributed by atoms with van der Waals surface area (Å²) in [5, 5.41) is 29.6. The normalized spacial score (nSPS) is 11.4. The van der Waals surface area contributed by atoms with Crippen LogP contribution < -0.4 is 9.47 Å². The number of benzene rings is 2. The third-order valence-corrected chi connectivity index (χ3v) is 6.38. The fourth-order valence-corrected chi connectivity index (χ4v) is 4.42. The van der Waals surface area contributed by atoms with Gasteiger partial charge >= 0.3 is 11.7 Å². The first-order chi connectivity index (χ1) is 18.2. The second-order valence-corrected chi connectivity index (χ2v) is 8.70. The molecule has 196 valence electrons. The van der Waals surface area contributed by atoms with Gasteiger partial charge in [-0.2, -0.15) is 4.39 Å². The van der Waals surface area contributed by atoms with Crippen molar-refractivity contribution in [1.29, 1.82) is 0 Å². The minimum atomic E-state index is -1.22. The number of aromatic nitrogens is 3. The number of carboxylic acid groups (broad SMARTS) is 1. The molecule has 0 aliphatic carbocycles. The molecule has 0 bridgehead atoms. The van der Waals surface area contributed by atoms with Crippen LogP contribution in [0.5, 0.6) is 11.5 Å². The molecule has 13 heteroatoms. The molecule has 2 heterocycles. The van der Waals surface area contributed by atoms with E-state index in [0.717, 1.165) is 23.9 Å². The number of rotatable bonds is 10. The summed E-state index contributed by atoms with van der Waals surface area (Å²) in [6, 6.07) is 11.6. The van der Waals surface area contributed by atoms with Crippen LogP contribution in [-0.4, -0.2) is 45.0 Å². The Morgan fingerprint density at radius 1 is 1.13 bits per heavy atom. The number of hydrogen-bond acceptors (Lipinski definition) is 9. The van der Waals surface area contributed by atoms with Crippen LogP contribution in [0.15, 0.2) is 63.0 Å². The van der Waals surface area contributed by atoms with E-state index >= 15 is 0 Å². The Hall–Kier alpha value is -4.65. The molecule has 0 aliphatic heterocycles. The largest absolute Gasteiger partial charge is 0.497 e. The maximum Gasteiger partial charge on any atom is 0.342 e. The molecule has 0 unspecified atom stereocenters. The van der Waals surface area contributed by atoms with E-state index in [0.29, 0.717) is 34.6 Å². The zero-order valence-electron chi connectivity index (χ0n) is 20.4. The molecule has 1 N–H and O–H groups in total. The summed E-state index contributed by atoms with van der Waals surface area (Å²) in [5.74, 6) is -0.189. The molecule has 0 saturated heterocycles. The molecule has 11 nitrogen and oxygen atoms in total. The molecule has 0 saturated carbocycles. The lowest BCUT2D eigenvalue weighted by Crippen LogP contribution is -2.03. The number of thioether (sulfide) groups is 1. The number of methoxy groups -OCH3 is 2. The highest BCUT2D eigenvalue weighted by atomic mass is 32.2. The zero-order chi connectivity index (χ0) is 27.4. The van der Waals surface area contributed by atoms with Crippen LogP contribution >= 0.6 is 11.8 Å². The molecule has 4 aromatic rings. The zero-order valence-corrected chi connectivity index (χ0v) is 21.2. The molecule has 38 heavy (non-hydrogen) atoms. The molecule has 2 aromatic carbocycles. The van der Waals surface area contributed by atoms with Gasteiger partial charge in [0.15, 0.2) is 11.0 Å². The molecule has 0 amide bonds. The summed E-state index contributed by atoms with van der Waals surface area (Å²) in [5.41, 5.74) is 0.250. The van der Waals surface area contributed by atoms with E-state index < -0.39 is 22.4 Å². The van der Waals surface area contributed by atoms with Crippen molar-refractivity contribution in [3.05, 3.63) is 75.1 Å². The van der Waals surface area contributed by atoms with Gasteiger partial charge in [-0.1, -0.05) is 0 Å². The Morgan fingerprint density at radius 3 is 2.45 bits per heavy atom. The summed E-state index contributed by atoms with van der Waals surface area (Å²) >= 11 is 0.881. The second-order valence-electron chi connectivity index (χ2n) is 7.69. The van der Waals surface area contributed by atoms with Crippen LogP contribution in [0.25, 0.3) is 28.8 Å². The second kappa shape index (κ2) is 11.2. The van der Waals surface area contributed by atoms with Gasteiger partial charge in [0.1, 0.15) is 27.9 Å². The first-order valence-electron chi connectivity index (χ1n) is 11.1. The van der Waals surface area contributed by atoms with Crippen LogP contribution in [0, 0.1) is 15.9 Å². The van der Waals surface area contributed by atoms with E-state index in [1.165, 1.54) is 38.5 Å². The number of aliphatic carboxylic acids is 1. The third-order valence-electron chi connectivity index (χ3n) is 5.38. The first-order valence-corrected chi connectivity index (χ1v) is 11.9. The van der Waals surface area contributed by atoms with Gasteiger partial charge in [0.05, 0.1) is 19.1 Å². The summed E-state index contributed by atoms with van der Waals surface area (Å²) in [4.78, 5) is 22.2. The topological polar surface area (TPSA) is 143 Å². The first kappa shape index (κ1) is 26.4. The van der Waals surface area contributed by atoms with E-state index in [1.807, 2.05) is 6.92 Å². The van der Waals surface area contributed by atoms with Crippen molar-refractivity contribution in [3.8, 4) is 34.2 Å². The predicted octanol–water partition coefficient (Wildman–Crippen LogP) is 5.51. The van der Waals surface area contributed by atoms with Crippen molar-refractivity contribution in [2.24, 2.45) is 0 Å². The van der Waals surface area contributed by atoms with Gasteiger partial charge < -0.3 is 23.6 Å². The lowest BCUT2D eigenvalue weighted by molar-refractivity contribution is -0.387. The molecule has 0 spiro atoms. The highest BCUT2D eigenvalue weighted by molar-refractivity contribution is 8.04. The lowest BCUT2D eigenvalue weighted by Gasteiger charge is -2.10. The standard InChI is InChI=1S/C25H21FN4O7S/c1-4-29-23(15-9-17(35-2)12-18(10-15)36-3)27-28-25(29)38-22(24(31)32)13-16-6-8-21(37-16)14-5-7-19(26)20(11-14)30(33)34/h5-13H,4H2,1-3H3,(H,31,32)/b22-13-. The van der Waals surface area contributed by atoms with E-state index in [-0.39, 0.29) is 22.0 Å². The molecular formula is C25H21FN4O7S. The summed E-state index contributed by atoms with van der Waals surface area (Å²) in [6.07, 6.45) is 1.30. The van der Waals surface area contributed by atoms with Crippen LogP contribution in [0.4, 0.5) is 10.1 Å². The maximum absolute atomic E-state index is 13.7. The van der Waals surface area contributed by atoms with E-state index in [2.05, 4.69) is 10.2 Å². The van der Waals surface area contributed by atoms with Gasteiger partial charge in [0.25, 0.3) is 0 Å². The Bertz CT molecular complexity index is 1520. The highest BCUT2D eigenvalue weighted by Gasteiger charge is 2.21. The molecule has 0 aliphatic rings. The fraction of sp³-hybridized carbons (Fsp3) is 0.160. The smallest absolute Gasteiger partial charge is 0.342 e. The number of nitro benzene ring substituents is 1. The number of carbonyl (C=O) groups is 1. The molecule has 4 rings (SSSR count). The van der Waals surface area contributed by atoms with Crippen molar-refractivity contribution in [2.45, 2.75) is 18.6 Å². The Kier molecular flexibility index (Phi) is 7.76. The third kappa shape index (κ3) is 5.52. The molecular weight excluding hydrogens is 519 g/mol. The lowest BCUT2D eigenvalue weighted by atomic mass is 10.1. The number of ether oxygens (including phenoxy) is 2. The van der Waals surface area contributed by atoms with Crippen molar-refractivity contribution < 1.29 is 33.1 Å². The number of halogens is 1. The average Bonchev–Trinajstić information content (AvgIpc) is 3.54. The van der Waals surface area contributed by atoms with Gasteiger partial charge in [-0.05, 0) is 55.1 Å². The predicted molar refractivity (Wildman–Crippen MR) is 136 cm³/mol. The number of nitro groups is 1. The number of hydrogen-bond donors (Lipinski definition) is 1. The minimum absolute atomic E-state index is 0.104. The van der Waals surface area contributed by atoms with Crippen molar-refractivity contribution >= 4 is 29.5 Å². The minimum Gasteiger partial charge on any atom is -0.497 e. The number of furan rings is 1. The Labute approximate surface area is 219 Å². The number of carboxylic acids is 1. The van der Waals surface area contributed by atoms with Crippen molar-refractivity contribution in [2.75, 3.05) is 14.2 Å². The van der Waals surface area contributed by atoms with E-state index in [9.17, 15) is 24.4 Å². The van der Waals surface area contributed by atoms with Gasteiger partial charge in [0.2, 0.25) is 5.82 Å². The Balaban J connectivity index is 1.65. The van der Waals surface area contributed by atoms with Crippen LogP contribution in [0.3, 0.4) is 0 Å². The van der Waals surface area contributed by atoms with Crippen molar-refractivity contribution in [3.63, 3.8) is 0 Å². The van der Waals surface area contributed by atoms with Gasteiger partial charge in [0, 0.05) is 35.9 Å². The molecule has 0 radical (unpaired) electrons. The van der Waals surface area contributed by atoms with E-state index in [1.54, 1.807) is 22.8 Å². The van der Waals surface area contributed by atoms with Gasteiger partial charge in [-0.3, -0.25) is 10.1 Å². The van der Waals surface area contributed by atoms with Crippen LogP contribution in [0.1, 0.15) is 12.7 Å². The maximum atomic E-state index is 13.7. The molecule has 0 fully saturated rings. The fourth-order valence-electron chi connectivity index (χ4n) is 3.55. The monoisotopic (exact) mass is 540 g/mol. The summed E-state index contributed by atoms with van der Waals surface area (Å²) in [6.45, 7) is 2.32. The van der Waals surface area contributed by atoms with Gasteiger partial charge in [-0.15, -0.1) is 10.2 Å². The number of nitrogens with zero attached hydrogens (tertiary/aromatic N) is 4. The molecule has 2 aromatic heterocycles. The van der Waals surface area contributed by atoms with Crippen LogP contribution in [-0.2, 0) is 11.3 Å². The van der Waals surface area contributed by atoms with Crippen molar-refractivity contribution in [1.82, 2.24) is 14.8 Å². The quantitative estimate of drug-likeness (QED) is 0.118. The summed E-state index contributed by atoms with van der Waals surface area (Å²) < 4.78 is 31.8. The van der Waals surface area contributed by atoms with Crippen LogP contribution in [0.2, 0.25) is 0 Å². The Morgan fingerprint density at radius 2 is 1.84 bits per heavy atom.